The summed E-state index contributed by atoms with van der Waals surface area (Å²) < 4.78 is 15.1. The number of alkyl halides is 1. The standard InChI is InChI=1S/C25H27BFN3O4/c1-17-11-13-18(14-12-17)15-22(26(33)34)30-24(32)25(2,27)23(31)28-16-20-9-6-10-21(29-20)19-7-4-3-5-8-19/h3-14,22,33-34H,15-16H2,1-2H3,(H,28,31)(H,30,32). The molecule has 0 radical (unpaired) electrons. The van der Waals surface area contributed by atoms with Crippen LogP contribution in [-0.4, -0.2) is 45.6 Å². The topological polar surface area (TPSA) is 112 Å². The van der Waals surface area contributed by atoms with Crippen LogP contribution in [0.1, 0.15) is 23.7 Å². The van der Waals surface area contributed by atoms with Crippen LogP contribution in [0.4, 0.5) is 4.39 Å². The minimum Gasteiger partial charge on any atom is -0.426 e. The van der Waals surface area contributed by atoms with Gasteiger partial charge in [-0.25, -0.2) is 4.39 Å². The zero-order valence-corrected chi connectivity index (χ0v) is 19.0. The van der Waals surface area contributed by atoms with Gasteiger partial charge in [0, 0.05) is 5.56 Å². The normalized spacial score (nSPS) is 13.4. The van der Waals surface area contributed by atoms with Crippen molar-refractivity contribution in [3.05, 3.63) is 89.6 Å². The molecule has 2 unspecified atom stereocenters. The third-order valence-corrected chi connectivity index (χ3v) is 5.41. The average Bonchev–Trinajstić information content (AvgIpc) is 2.84. The number of aryl methyl sites for hydroxylation is 1. The summed E-state index contributed by atoms with van der Waals surface area (Å²) in [5.41, 5.74) is 0.895. The third kappa shape index (κ3) is 6.49. The van der Waals surface area contributed by atoms with Gasteiger partial charge in [-0.3, -0.25) is 14.6 Å². The van der Waals surface area contributed by atoms with Gasteiger partial charge in [-0.1, -0.05) is 66.2 Å². The molecule has 3 rings (SSSR count). The van der Waals surface area contributed by atoms with Crippen molar-refractivity contribution in [1.29, 1.82) is 0 Å². The first kappa shape index (κ1) is 25.1. The van der Waals surface area contributed by atoms with Crippen LogP contribution in [-0.2, 0) is 22.6 Å². The number of hydrogen-bond donors (Lipinski definition) is 4. The Labute approximate surface area is 198 Å². The Balaban J connectivity index is 1.62. The molecular formula is C25H27BFN3O4. The lowest BCUT2D eigenvalue weighted by atomic mass is 9.75. The average molecular weight is 463 g/mol. The highest BCUT2D eigenvalue weighted by atomic mass is 19.1. The summed E-state index contributed by atoms with van der Waals surface area (Å²) in [7, 11) is -1.94. The molecule has 3 aromatic rings. The van der Waals surface area contributed by atoms with Crippen molar-refractivity contribution in [1.82, 2.24) is 15.6 Å². The molecule has 0 aliphatic heterocycles. The Morgan fingerprint density at radius 2 is 1.68 bits per heavy atom. The van der Waals surface area contributed by atoms with E-state index in [-0.39, 0.29) is 13.0 Å². The Morgan fingerprint density at radius 3 is 2.32 bits per heavy atom. The molecule has 1 heterocycles. The lowest BCUT2D eigenvalue weighted by molar-refractivity contribution is -0.144. The number of aromatic nitrogens is 1. The molecule has 0 saturated heterocycles. The van der Waals surface area contributed by atoms with Crippen molar-refractivity contribution < 1.29 is 24.0 Å². The fraction of sp³-hybridized carbons (Fsp3) is 0.240. The quantitative estimate of drug-likeness (QED) is 0.287. The lowest BCUT2D eigenvalue weighted by Crippen LogP contribution is -2.57. The highest BCUT2D eigenvalue weighted by Crippen LogP contribution is 2.17. The molecule has 2 atom stereocenters. The fourth-order valence-electron chi connectivity index (χ4n) is 3.30. The zero-order valence-electron chi connectivity index (χ0n) is 19.0. The highest BCUT2D eigenvalue weighted by Gasteiger charge is 2.43. The maximum Gasteiger partial charge on any atom is 0.475 e. The minimum atomic E-state index is -2.93. The molecule has 0 fully saturated rings. The SMILES string of the molecule is Cc1ccc(CC(NC(=O)C(C)(F)C(=O)NCc2cccc(-c3ccccc3)n2)B(O)O)cc1. The smallest absolute Gasteiger partial charge is 0.426 e. The number of nitrogens with zero attached hydrogens (tertiary/aromatic N) is 1. The summed E-state index contributed by atoms with van der Waals surface area (Å²) in [6, 6.07) is 22.0. The van der Waals surface area contributed by atoms with Gasteiger partial charge in [0.1, 0.15) is 0 Å². The summed E-state index contributed by atoms with van der Waals surface area (Å²) in [6.45, 7) is 2.66. The van der Waals surface area contributed by atoms with E-state index in [4.69, 9.17) is 0 Å². The molecule has 0 saturated carbocycles. The first-order chi connectivity index (χ1) is 16.2. The van der Waals surface area contributed by atoms with Crippen LogP contribution in [0.2, 0.25) is 0 Å². The molecule has 7 nitrogen and oxygen atoms in total. The number of amides is 2. The number of rotatable bonds is 9. The fourth-order valence-corrected chi connectivity index (χ4v) is 3.30. The number of benzene rings is 2. The first-order valence-corrected chi connectivity index (χ1v) is 10.9. The monoisotopic (exact) mass is 463 g/mol. The van der Waals surface area contributed by atoms with Crippen molar-refractivity contribution in [3.63, 3.8) is 0 Å². The molecule has 2 aromatic carbocycles. The predicted octanol–water partition coefficient (Wildman–Crippen LogP) is 2.14. The van der Waals surface area contributed by atoms with E-state index in [0.717, 1.165) is 23.6 Å². The van der Waals surface area contributed by atoms with Gasteiger partial charge in [0.2, 0.25) is 0 Å². The second-order valence-electron chi connectivity index (χ2n) is 8.25. The maximum atomic E-state index is 15.1. The second-order valence-corrected chi connectivity index (χ2v) is 8.25. The van der Waals surface area contributed by atoms with Crippen molar-refractivity contribution in [2.45, 2.75) is 38.4 Å². The number of halogens is 1. The molecule has 34 heavy (non-hydrogen) atoms. The first-order valence-electron chi connectivity index (χ1n) is 10.9. The van der Waals surface area contributed by atoms with Crippen molar-refractivity contribution in [2.75, 3.05) is 0 Å². The number of nitrogens with one attached hydrogen (secondary N) is 2. The van der Waals surface area contributed by atoms with Crippen molar-refractivity contribution in [2.24, 2.45) is 0 Å². The van der Waals surface area contributed by atoms with E-state index in [1.807, 2.05) is 55.5 Å². The van der Waals surface area contributed by atoms with Crippen LogP contribution < -0.4 is 10.6 Å². The predicted molar refractivity (Wildman–Crippen MR) is 128 cm³/mol. The number of pyridine rings is 1. The van der Waals surface area contributed by atoms with Gasteiger partial charge < -0.3 is 20.7 Å². The lowest BCUT2D eigenvalue weighted by Gasteiger charge is -2.24. The Hall–Kier alpha value is -3.56. The number of carbonyl (C=O) groups is 2. The van der Waals surface area contributed by atoms with Crippen LogP contribution in [0.15, 0.2) is 72.8 Å². The van der Waals surface area contributed by atoms with E-state index >= 15 is 4.39 Å². The Kier molecular flexibility index (Phi) is 8.15. The summed E-state index contributed by atoms with van der Waals surface area (Å²) in [4.78, 5) is 29.5. The third-order valence-electron chi connectivity index (χ3n) is 5.41. The van der Waals surface area contributed by atoms with E-state index in [0.29, 0.717) is 11.4 Å². The van der Waals surface area contributed by atoms with Crippen LogP contribution in [0.5, 0.6) is 0 Å². The maximum absolute atomic E-state index is 15.1. The highest BCUT2D eigenvalue weighted by molar-refractivity contribution is 6.43. The second kappa shape index (κ2) is 11.0. The molecular weight excluding hydrogens is 436 g/mol. The van der Waals surface area contributed by atoms with E-state index < -0.39 is 30.5 Å². The summed E-state index contributed by atoms with van der Waals surface area (Å²) >= 11 is 0. The molecule has 0 bridgehead atoms. The minimum absolute atomic E-state index is 0.0532. The number of carbonyl (C=O) groups excluding carboxylic acids is 2. The summed E-state index contributed by atoms with van der Waals surface area (Å²) in [5, 5.41) is 24.0. The number of hydrogen-bond acceptors (Lipinski definition) is 5. The molecule has 2 amide bonds. The molecule has 0 aliphatic rings. The van der Waals surface area contributed by atoms with Gasteiger partial charge in [-0.2, -0.15) is 0 Å². The van der Waals surface area contributed by atoms with Gasteiger partial charge in [0.25, 0.3) is 17.5 Å². The van der Waals surface area contributed by atoms with Gasteiger partial charge in [0.15, 0.2) is 0 Å². The van der Waals surface area contributed by atoms with E-state index in [9.17, 15) is 19.6 Å². The van der Waals surface area contributed by atoms with Gasteiger partial charge in [0.05, 0.1) is 23.9 Å². The molecule has 0 aliphatic carbocycles. The van der Waals surface area contributed by atoms with Crippen molar-refractivity contribution >= 4 is 18.9 Å². The largest absolute Gasteiger partial charge is 0.475 e. The van der Waals surface area contributed by atoms with Crippen molar-refractivity contribution in [3.8, 4) is 11.3 Å². The Bertz CT molecular complexity index is 1120. The van der Waals surface area contributed by atoms with Gasteiger partial charge in [-0.05, 0) is 38.0 Å². The molecule has 0 spiro atoms. The molecule has 4 N–H and O–H groups in total. The summed E-state index contributed by atoms with van der Waals surface area (Å²) in [6.07, 6.45) is 0.0532. The van der Waals surface area contributed by atoms with Crippen LogP contribution in [0.3, 0.4) is 0 Å². The zero-order chi connectivity index (χ0) is 24.7. The molecule has 9 heteroatoms. The summed E-state index contributed by atoms with van der Waals surface area (Å²) in [5.74, 6) is -3.61. The molecule has 1 aromatic heterocycles. The van der Waals surface area contributed by atoms with Gasteiger partial charge in [-0.15, -0.1) is 0 Å². The van der Waals surface area contributed by atoms with E-state index in [1.54, 1.807) is 24.3 Å². The van der Waals surface area contributed by atoms with Crippen LogP contribution in [0.25, 0.3) is 11.3 Å². The Morgan fingerprint density at radius 1 is 1.00 bits per heavy atom. The van der Waals surface area contributed by atoms with Crippen LogP contribution in [0, 0.1) is 6.92 Å². The van der Waals surface area contributed by atoms with E-state index in [2.05, 4.69) is 15.6 Å². The van der Waals surface area contributed by atoms with E-state index in [1.165, 1.54) is 0 Å². The molecule has 176 valence electrons. The van der Waals surface area contributed by atoms with Gasteiger partial charge >= 0.3 is 7.12 Å². The van der Waals surface area contributed by atoms with Crippen LogP contribution >= 0.6 is 0 Å².